The summed E-state index contributed by atoms with van der Waals surface area (Å²) in [5, 5.41) is 0.546. The van der Waals surface area contributed by atoms with Crippen LogP contribution in [0, 0.1) is 0 Å². The van der Waals surface area contributed by atoms with Gasteiger partial charge in [-0.3, -0.25) is 9.69 Å². The highest BCUT2D eigenvalue weighted by Crippen LogP contribution is 2.26. The molecule has 1 aliphatic heterocycles. The minimum atomic E-state index is -5.16. The van der Waals surface area contributed by atoms with Gasteiger partial charge in [0.15, 0.2) is 0 Å². The van der Waals surface area contributed by atoms with Crippen LogP contribution in [-0.2, 0) is 11.3 Å². The van der Waals surface area contributed by atoms with E-state index in [0.717, 1.165) is 10.5 Å². The number of hydrogen-bond acceptors (Lipinski definition) is 3. The minimum Gasteiger partial charge on any atom is -0.496 e. The average molecular weight is 369 g/mol. The number of piperazine rings is 1. The molecule has 24 heavy (non-hydrogen) atoms. The highest BCUT2D eigenvalue weighted by atomic mass is 35.5. The van der Waals surface area contributed by atoms with E-state index in [4.69, 9.17) is 16.3 Å². The van der Waals surface area contributed by atoms with Gasteiger partial charge in [-0.15, -0.1) is 0 Å². The van der Waals surface area contributed by atoms with Crippen LogP contribution in [0.3, 0.4) is 0 Å². The van der Waals surface area contributed by atoms with Crippen LogP contribution in [0.1, 0.15) is 5.56 Å². The van der Waals surface area contributed by atoms with E-state index in [1.807, 2.05) is 4.90 Å². The average Bonchev–Trinajstić information content (AvgIpc) is 2.53. The van der Waals surface area contributed by atoms with E-state index < -0.39 is 18.3 Å². The summed E-state index contributed by atoms with van der Waals surface area (Å²) in [6, 6.07) is 5.17. The van der Waals surface area contributed by atoms with Crippen LogP contribution < -0.4 is 4.74 Å². The normalized spacial score (nSPS) is 17.7. The van der Waals surface area contributed by atoms with Gasteiger partial charge in [-0.05, 0) is 18.2 Å². The Hall–Kier alpha value is -1.54. The summed E-state index contributed by atoms with van der Waals surface area (Å²) in [7, 11) is 1.53. The molecule has 1 heterocycles. The zero-order chi connectivity index (χ0) is 17.9. The number of amides is 1. The second-order valence-electron chi connectivity index (χ2n) is 5.46. The Bertz CT molecular complexity index is 589. The predicted molar refractivity (Wildman–Crippen MR) is 80.8 cm³/mol. The number of nitrogens with zero attached hydrogens (tertiary/aromatic N) is 2. The molecule has 1 aliphatic rings. The van der Waals surface area contributed by atoms with Gasteiger partial charge in [0, 0.05) is 43.3 Å². The van der Waals surface area contributed by atoms with Crippen molar-refractivity contribution in [3.63, 3.8) is 0 Å². The first-order valence-corrected chi connectivity index (χ1v) is 7.64. The monoisotopic (exact) mass is 368 g/mol. The fourth-order valence-corrected chi connectivity index (χ4v) is 2.73. The first-order valence-electron chi connectivity index (χ1n) is 7.26. The van der Waals surface area contributed by atoms with Crippen molar-refractivity contribution in [2.45, 2.75) is 18.9 Å². The summed E-state index contributed by atoms with van der Waals surface area (Å²) in [5.41, 5.74) is 0.837. The van der Waals surface area contributed by atoms with E-state index in [1.54, 1.807) is 18.2 Å². The van der Waals surface area contributed by atoms with Crippen molar-refractivity contribution >= 4 is 17.5 Å². The van der Waals surface area contributed by atoms with Crippen LogP contribution in [0.2, 0.25) is 5.02 Å². The summed E-state index contributed by atoms with van der Waals surface area (Å²) in [5.74, 6) is -0.874. The van der Waals surface area contributed by atoms with Gasteiger partial charge in [0.05, 0.1) is 7.11 Å². The Morgan fingerprint density at radius 3 is 2.46 bits per heavy atom. The molecule has 0 radical (unpaired) electrons. The largest absolute Gasteiger partial charge is 0.496 e. The van der Waals surface area contributed by atoms with Crippen LogP contribution >= 0.6 is 11.6 Å². The lowest BCUT2D eigenvalue weighted by atomic mass is 10.1. The lowest BCUT2D eigenvalue weighted by molar-refractivity contribution is -0.193. The molecule has 1 amide bonds. The van der Waals surface area contributed by atoms with Crippen molar-refractivity contribution in [1.82, 2.24) is 9.80 Å². The van der Waals surface area contributed by atoms with E-state index in [1.165, 1.54) is 7.11 Å². The summed E-state index contributed by atoms with van der Waals surface area (Å²) in [6.07, 6.45) is -8.63. The van der Waals surface area contributed by atoms with E-state index in [-0.39, 0.29) is 13.1 Å². The molecule has 1 atom stereocenters. The molecule has 0 N–H and O–H groups in total. The minimum absolute atomic E-state index is 0.0399. The molecule has 1 fully saturated rings. The highest BCUT2D eigenvalue weighted by molar-refractivity contribution is 6.30. The maximum Gasteiger partial charge on any atom is 0.428 e. The van der Waals surface area contributed by atoms with Gasteiger partial charge in [0.1, 0.15) is 5.75 Å². The van der Waals surface area contributed by atoms with Gasteiger partial charge in [-0.2, -0.15) is 13.2 Å². The molecule has 0 aliphatic carbocycles. The number of carbonyl (C=O) groups is 1. The standard InChI is InChI=1S/C15H17ClF4N2O2/c1-24-12-3-2-11(16)8-10(12)9-21-4-6-22(7-5-21)14(23)13(17)15(18,19)20/h2-3,8,13H,4-7,9H2,1H3/t13-/m1/s1. The van der Waals surface area contributed by atoms with E-state index in [9.17, 15) is 22.4 Å². The van der Waals surface area contributed by atoms with Crippen LogP contribution in [0.15, 0.2) is 18.2 Å². The maximum absolute atomic E-state index is 13.1. The number of methoxy groups -OCH3 is 1. The lowest BCUT2D eigenvalue weighted by Crippen LogP contribution is -2.52. The number of carbonyl (C=O) groups excluding carboxylic acids is 1. The second-order valence-corrected chi connectivity index (χ2v) is 5.90. The molecule has 4 nitrogen and oxygen atoms in total. The Kier molecular flexibility index (Phi) is 5.92. The van der Waals surface area contributed by atoms with E-state index in [0.29, 0.717) is 30.4 Å². The van der Waals surface area contributed by atoms with Crippen molar-refractivity contribution < 1.29 is 27.1 Å². The third-order valence-corrected chi connectivity index (χ3v) is 4.06. The predicted octanol–water partition coefficient (Wildman–Crippen LogP) is 2.89. The maximum atomic E-state index is 13.1. The molecular formula is C15H17ClF4N2O2. The molecule has 2 rings (SSSR count). The molecule has 0 unspecified atom stereocenters. The van der Waals surface area contributed by atoms with Gasteiger partial charge in [0.2, 0.25) is 0 Å². The zero-order valence-electron chi connectivity index (χ0n) is 12.9. The number of alkyl halides is 4. The Morgan fingerprint density at radius 2 is 1.92 bits per heavy atom. The summed E-state index contributed by atoms with van der Waals surface area (Å²) >= 11 is 5.96. The topological polar surface area (TPSA) is 32.8 Å². The van der Waals surface area contributed by atoms with Gasteiger partial charge in [0.25, 0.3) is 12.1 Å². The van der Waals surface area contributed by atoms with Crippen LogP contribution in [0.4, 0.5) is 17.6 Å². The Balaban J connectivity index is 1.94. The number of benzene rings is 1. The van der Waals surface area contributed by atoms with Gasteiger partial charge in [-0.25, -0.2) is 4.39 Å². The molecule has 0 bridgehead atoms. The molecule has 0 aromatic heterocycles. The molecule has 0 saturated carbocycles. The molecular weight excluding hydrogens is 352 g/mol. The van der Waals surface area contributed by atoms with Crippen molar-refractivity contribution in [2.24, 2.45) is 0 Å². The first-order chi connectivity index (χ1) is 11.2. The number of rotatable bonds is 4. The smallest absolute Gasteiger partial charge is 0.428 e. The lowest BCUT2D eigenvalue weighted by Gasteiger charge is -2.35. The fraction of sp³-hybridized carbons (Fsp3) is 0.533. The van der Waals surface area contributed by atoms with Gasteiger partial charge in [-0.1, -0.05) is 11.6 Å². The summed E-state index contributed by atoms with van der Waals surface area (Å²) in [6.45, 7) is 1.23. The first kappa shape index (κ1) is 18.8. The molecule has 0 spiro atoms. The SMILES string of the molecule is COc1ccc(Cl)cc1CN1CCN(C(=O)[C@@H](F)C(F)(F)F)CC1. The Labute approximate surface area is 141 Å². The van der Waals surface area contributed by atoms with Gasteiger partial charge >= 0.3 is 6.18 Å². The van der Waals surface area contributed by atoms with Crippen LogP contribution in [-0.4, -0.2) is 61.3 Å². The Morgan fingerprint density at radius 1 is 1.29 bits per heavy atom. The van der Waals surface area contributed by atoms with Crippen molar-refractivity contribution in [2.75, 3.05) is 33.3 Å². The van der Waals surface area contributed by atoms with Crippen molar-refractivity contribution in [3.8, 4) is 5.75 Å². The highest BCUT2D eigenvalue weighted by Gasteiger charge is 2.47. The summed E-state index contributed by atoms with van der Waals surface area (Å²) < 4.78 is 55.2. The quantitative estimate of drug-likeness (QED) is 0.766. The number of hydrogen-bond donors (Lipinski definition) is 0. The third kappa shape index (κ3) is 4.51. The van der Waals surface area contributed by atoms with Crippen molar-refractivity contribution in [1.29, 1.82) is 0 Å². The van der Waals surface area contributed by atoms with Gasteiger partial charge < -0.3 is 9.64 Å². The molecule has 9 heteroatoms. The van der Waals surface area contributed by atoms with Crippen LogP contribution in [0.25, 0.3) is 0 Å². The fourth-order valence-electron chi connectivity index (χ4n) is 2.54. The van der Waals surface area contributed by atoms with Crippen LogP contribution in [0.5, 0.6) is 5.75 Å². The van der Waals surface area contributed by atoms with E-state index in [2.05, 4.69) is 0 Å². The number of ether oxygens (including phenoxy) is 1. The molecule has 1 saturated heterocycles. The number of halogens is 5. The van der Waals surface area contributed by atoms with Crippen molar-refractivity contribution in [3.05, 3.63) is 28.8 Å². The third-order valence-electron chi connectivity index (χ3n) is 3.82. The molecule has 134 valence electrons. The molecule has 1 aromatic rings. The summed E-state index contributed by atoms with van der Waals surface area (Å²) in [4.78, 5) is 14.4. The second kappa shape index (κ2) is 7.57. The van der Waals surface area contributed by atoms with E-state index >= 15 is 0 Å². The zero-order valence-corrected chi connectivity index (χ0v) is 13.7. The molecule has 1 aromatic carbocycles.